The smallest absolute Gasteiger partial charge is 0.329 e. The number of aromatic amines is 2. The Morgan fingerprint density at radius 2 is 1.67 bits per heavy atom. The van der Waals surface area contributed by atoms with Crippen LogP contribution in [0.3, 0.4) is 0 Å². The van der Waals surface area contributed by atoms with Gasteiger partial charge in [0, 0.05) is 18.3 Å². The number of ether oxygens (including phenoxy) is 1. The number of aromatic nitrogens is 8. The van der Waals surface area contributed by atoms with Crippen molar-refractivity contribution in [3.8, 4) is 16.9 Å². The number of fused-ring (bicyclic) bond motifs is 1. The Hall–Kier alpha value is -5.59. The van der Waals surface area contributed by atoms with Crippen LogP contribution < -0.4 is 15.3 Å². The summed E-state index contributed by atoms with van der Waals surface area (Å²) in [5.74, 6) is 0.165. The van der Waals surface area contributed by atoms with E-state index in [1.54, 1.807) is 18.0 Å². The Bertz CT molecular complexity index is 1960. The summed E-state index contributed by atoms with van der Waals surface area (Å²) in [5, 5.41) is 13.1. The quantitative estimate of drug-likeness (QED) is 0.265. The van der Waals surface area contributed by atoms with Gasteiger partial charge in [0.05, 0.1) is 17.6 Å². The Morgan fingerprint density at radius 3 is 2.35 bits per heavy atom. The van der Waals surface area contributed by atoms with Crippen LogP contribution in [0.15, 0.2) is 72.0 Å². The third-order valence-corrected chi connectivity index (χ3v) is 7.16. The standard InChI is InChI=1S/C30H28FN9O3/c1-18-4-7-21(8-5-18)39(13-26-32-16-34-36-26)28(41)14-40-24-11-19(2)10-22(29(24)38(3)30(40)42)20-6-9-25(23(31)12-20)43-15-27-33-17-35-37-27/h4-12,16-17H,13-15H2,1-3H3,(H,32,34,36)(H,33,35,37). The fourth-order valence-corrected chi connectivity index (χ4v) is 5.03. The predicted molar refractivity (Wildman–Crippen MR) is 157 cm³/mol. The second kappa shape index (κ2) is 11.4. The van der Waals surface area contributed by atoms with E-state index >= 15 is 4.39 Å². The molecule has 12 nitrogen and oxygen atoms in total. The number of aryl methyl sites for hydroxylation is 3. The molecule has 6 aromatic rings. The highest BCUT2D eigenvalue weighted by Gasteiger charge is 2.23. The van der Waals surface area contributed by atoms with Crippen molar-refractivity contribution in [2.75, 3.05) is 4.90 Å². The summed E-state index contributed by atoms with van der Waals surface area (Å²) in [4.78, 5) is 37.1. The summed E-state index contributed by atoms with van der Waals surface area (Å²) >= 11 is 0. The van der Waals surface area contributed by atoms with E-state index in [1.165, 1.54) is 33.9 Å². The summed E-state index contributed by atoms with van der Waals surface area (Å²) in [6.45, 7) is 3.82. The van der Waals surface area contributed by atoms with Crippen LogP contribution in [0.4, 0.5) is 10.1 Å². The topological polar surface area (TPSA) is 140 Å². The van der Waals surface area contributed by atoms with Crippen molar-refractivity contribution in [2.45, 2.75) is 33.5 Å². The van der Waals surface area contributed by atoms with E-state index in [4.69, 9.17) is 4.74 Å². The van der Waals surface area contributed by atoms with Crippen LogP contribution >= 0.6 is 0 Å². The number of nitrogens with one attached hydrogen (secondary N) is 2. The number of amides is 1. The molecule has 0 aliphatic rings. The molecule has 1 amide bonds. The number of hydrogen-bond acceptors (Lipinski definition) is 7. The summed E-state index contributed by atoms with van der Waals surface area (Å²) in [7, 11) is 1.64. The molecule has 3 aromatic heterocycles. The minimum absolute atomic E-state index is 0.0341. The fraction of sp³-hybridized carbons (Fsp3) is 0.200. The Kier molecular flexibility index (Phi) is 7.28. The van der Waals surface area contributed by atoms with Crippen molar-refractivity contribution in [2.24, 2.45) is 7.05 Å². The van der Waals surface area contributed by atoms with Gasteiger partial charge in [0.25, 0.3) is 0 Å². The van der Waals surface area contributed by atoms with Gasteiger partial charge >= 0.3 is 5.69 Å². The zero-order chi connectivity index (χ0) is 30.1. The van der Waals surface area contributed by atoms with Gasteiger partial charge in [-0.25, -0.2) is 19.2 Å². The molecule has 0 atom stereocenters. The molecule has 3 aromatic carbocycles. The number of benzene rings is 3. The molecule has 0 aliphatic heterocycles. The second-order valence-electron chi connectivity index (χ2n) is 10.2. The summed E-state index contributed by atoms with van der Waals surface area (Å²) in [5.41, 5.74) is 4.54. The van der Waals surface area contributed by atoms with Crippen molar-refractivity contribution < 1.29 is 13.9 Å². The molecule has 218 valence electrons. The van der Waals surface area contributed by atoms with E-state index in [1.807, 2.05) is 50.2 Å². The van der Waals surface area contributed by atoms with Crippen LogP contribution in [0.1, 0.15) is 22.8 Å². The van der Waals surface area contributed by atoms with Crippen LogP contribution in [0.2, 0.25) is 0 Å². The molecular formula is C30H28FN9O3. The number of imidazole rings is 1. The van der Waals surface area contributed by atoms with Crippen molar-refractivity contribution in [3.63, 3.8) is 0 Å². The zero-order valence-electron chi connectivity index (χ0n) is 23.7. The monoisotopic (exact) mass is 581 g/mol. The SMILES string of the molecule is Cc1ccc(N(Cc2ncn[nH]2)C(=O)Cn2c(=O)n(C)c3c(-c4ccc(OCc5ncn[nH]5)c(F)c4)cc(C)cc32)cc1. The third kappa shape index (κ3) is 5.52. The van der Waals surface area contributed by atoms with Gasteiger partial charge in [-0.05, 0) is 61.4 Å². The summed E-state index contributed by atoms with van der Waals surface area (Å²) in [6.07, 6.45) is 2.73. The highest BCUT2D eigenvalue weighted by Crippen LogP contribution is 2.32. The molecule has 3 heterocycles. The predicted octanol–water partition coefficient (Wildman–Crippen LogP) is 3.81. The average Bonchev–Trinajstić information content (AvgIpc) is 3.76. The van der Waals surface area contributed by atoms with E-state index < -0.39 is 5.82 Å². The normalized spacial score (nSPS) is 11.3. The molecule has 0 saturated heterocycles. The molecule has 2 N–H and O–H groups in total. The number of hydrogen-bond donors (Lipinski definition) is 2. The van der Waals surface area contributed by atoms with E-state index in [2.05, 4.69) is 30.4 Å². The van der Waals surface area contributed by atoms with Crippen molar-refractivity contribution >= 4 is 22.6 Å². The first-order valence-electron chi connectivity index (χ1n) is 13.5. The molecule has 0 radical (unpaired) electrons. The second-order valence-corrected chi connectivity index (χ2v) is 10.2. The van der Waals surface area contributed by atoms with Gasteiger partial charge in [-0.15, -0.1) is 0 Å². The van der Waals surface area contributed by atoms with Crippen molar-refractivity contribution in [1.82, 2.24) is 39.5 Å². The first-order chi connectivity index (χ1) is 20.8. The van der Waals surface area contributed by atoms with Crippen LogP contribution in [0, 0.1) is 19.7 Å². The van der Waals surface area contributed by atoms with E-state index in [0.29, 0.717) is 39.5 Å². The van der Waals surface area contributed by atoms with Crippen LogP contribution in [0.5, 0.6) is 5.75 Å². The molecule has 0 bridgehead atoms. The number of H-pyrrole nitrogens is 2. The zero-order valence-corrected chi connectivity index (χ0v) is 23.7. The highest BCUT2D eigenvalue weighted by atomic mass is 19.1. The van der Waals surface area contributed by atoms with E-state index in [0.717, 1.165) is 11.1 Å². The van der Waals surface area contributed by atoms with Gasteiger partial charge in [-0.3, -0.25) is 24.1 Å². The maximum absolute atomic E-state index is 15.1. The van der Waals surface area contributed by atoms with E-state index in [9.17, 15) is 9.59 Å². The summed E-state index contributed by atoms with van der Waals surface area (Å²) in [6, 6.07) is 15.9. The number of carbonyl (C=O) groups is 1. The maximum atomic E-state index is 15.1. The van der Waals surface area contributed by atoms with Crippen LogP contribution in [0.25, 0.3) is 22.2 Å². The van der Waals surface area contributed by atoms with E-state index in [-0.39, 0.29) is 37.0 Å². The number of carbonyl (C=O) groups excluding carboxylic acids is 1. The average molecular weight is 582 g/mol. The molecule has 13 heteroatoms. The fourth-order valence-electron chi connectivity index (χ4n) is 5.03. The molecule has 0 saturated carbocycles. The Balaban J connectivity index is 1.35. The first kappa shape index (κ1) is 27.6. The summed E-state index contributed by atoms with van der Waals surface area (Å²) < 4.78 is 23.6. The maximum Gasteiger partial charge on any atom is 0.329 e. The number of halogens is 1. The van der Waals surface area contributed by atoms with Gasteiger partial charge in [-0.2, -0.15) is 10.2 Å². The molecule has 43 heavy (non-hydrogen) atoms. The molecule has 0 unspecified atom stereocenters. The van der Waals surface area contributed by atoms with Gasteiger partial charge in [-0.1, -0.05) is 23.8 Å². The lowest BCUT2D eigenvalue weighted by Gasteiger charge is -2.22. The Morgan fingerprint density at radius 1 is 0.953 bits per heavy atom. The number of anilines is 1. The first-order valence-corrected chi connectivity index (χ1v) is 13.5. The van der Waals surface area contributed by atoms with Gasteiger partial charge in [0.1, 0.15) is 31.6 Å². The van der Waals surface area contributed by atoms with Gasteiger partial charge in [0.2, 0.25) is 5.91 Å². The minimum atomic E-state index is -0.563. The largest absolute Gasteiger partial charge is 0.483 e. The lowest BCUT2D eigenvalue weighted by molar-refractivity contribution is -0.119. The highest BCUT2D eigenvalue weighted by molar-refractivity contribution is 5.96. The lowest BCUT2D eigenvalue weighted by Crippen LogP contribution is -2.36. The van der Waals surface area contributed by atoms with Gasteiger partial charge < -0.3 is 9.64 Å². The van der Waals surface area contributed by atoms with Crippen LogP contribution in [-0.4, -0.2) is 45.4 Å². The molecule has 0 aliphatic carbocycles. The number of rotatable bonds is 9. The molecule has 6 rings (SSSR count). The molecule has 0 spiro atoms. The molecule has 0 fully saturated rings. The minimum Gasteiger partial charge on any atom is -0.483 e. The van der Waals surface area contributed by atoms with Crippen LogP contribution in [-0.2, 0) is 31.5 Å². The Labute approximate surface area is 244 Å². The molecular weight excluding hydrogens is 553 g/mol. The van der Waals surface area contributed by atoms with Crippen molar-refractivity contribution in [1.29, 1.82) is 0 Å². The number of nitrogens with zero attached hydrogens (tertiary/aromatic N) is 7. The van der Waals surface area contributed by atoms with Crippen molar-refractivity contribution in [3.05, 3.63) is 106 Å². The lowest BCUT2D eigenvalue weighted by atomic mass is 10.0. The van der Waals surface area contributed by atoms with Gasteiger partial charge in [0.15, 0.2) is 17.4 Å². The third-order valence-electron chi connectivity index (χ3n) is 7.16.